The van der Waals surface area contributed by atoms with Crippen LogP contribution in [0, 0.1) is 0 Å². The van der Waals surface area contributed by atoms with Gasteiger partial charge in [-0.25, -0.2) is 4.98 Å². The van der Waals surface area contributed by atoms with Gasteiger partial charge in [-0.1, -0.05) is 118 Å². The third-order valence-corrected chi connectivity index (χ3v) is 9.21. The van der Waals surface area contributed by atoms with Crippen LogP contribution in [-0.2, 0) is 5.41 Å². The maximum atomic E-state index is 4.98. The van der Waals surface area contributed by atoms with Gasteiger partial charge in [0.05, 0.1) is 34.2 Å². The normalized spacial score (nSPS) is 12.8. The predicted octanol–water partition coefficient (Wildman–Crippen LogP) is 11.3. The molecule has 0 amide bonds. The molecule has 5 nitrogen and oxygen atoms in total. The number of aromatic nitrogens is 4. The lowest BCUT2D eigenvalue weighted by molar-refractivity contribution is 0.641. The fourth-order valence-electron chi connectivity index (χ4n) is 6.03. The van der Waals surface area contributed by atoms with E-state index >= 15 is 0 Å². The average Bonchev–Trinajstić information content (AvgIpc) is 3.22. The smallest absolute Gasteiger partial charge is 0.0899 e. The molecule has 0 atom stereocenters. The highest BCUT2D eigenvalue weighted by Crippen LogP contribution is 2.35. The van der Waals surface area contributed by atoms with Gasteiger partial charge in [0.25, 0.3) is 0 Å². The summed E-state index contributed by atoms with van der Waals surface area (Å²) in [4.78, 5) is 23.1. The highest BCUT2D eigenvalue weighted by molar-refractivity contribution is 6.12. The molecule has 0 aliphatic heterocycles. The van der Waals surface area contributed by atoms with E-state index in [9.17, 15) is 0 Å². The van der Waals surface area contributed by atoms with E-state index < -0.39 is 0 Å². The second-order valence-electron chi connectivity index (χ2n) is 13.1. The number of benzene rings is 2. The molecule has 6 rings (SSSR count). The number of nitrogens with zero attached hydrogens (tertiary/aromatic N) is 5. The molecule has 0 N–H and O–H groups in total. The third-order valence-electron chi connectivity index (χ3n) is 9.21. The first kappa shape index (κ1) is 36.2. The Kier molecular flexibility index (Phi) is 11.7. The van der Waals surface area contributed by atoms with Crippen molar-refractivity contribution in [2.24, 2.45) is 4.99 Å². The maximum absolute atomic E-state index is 4.98. The van der Waals surface area contributed by atoms with Crippen molar-refractivity contribution in [1.82, 2.24) is 19.9 Å². The summed E-state index contributed by atoms with van der Waals surface area (Å²) in [5.74, 6) is 0. The molecule has 0 aliphatic rings. The summed E-state index contributed by atoms with van der Waals surface area (Å²) in [7, 11) is 1.80. The molecule has 0 spiro atoms. The Morgan fingerprint density at radius 3 is 1.98 bits per heavy atom. The molecule has 0 bridgehead atoms. The minimum absolute atomic E-state index is 0.242. The lowest BCUT2D eigenvalue weighted by Gasteiger charge is -2.27. The minimum Gasteiger partial charge on any atom is -0.286 e. The molecular weight excluding hydrogens is 647 g/mol. The van der Waals surface area contributed by atoms with Gasteiger partial charge >= 0.3 is 0 Å². The Bertz CT molecular complexity index is 2300. The third kappa shape index (κ3) is 9.02. The molecule has 0 saturated heterocycles. The Morgan fingerprint density at radius 2 is 1.36 bits per heavy atom. The van der Waals surface area contributed by atoms with E-state index in [0.29, 0.717) is 0 Å². The van der Waals surface area contributed by atoms with Gasteiger partial charge < -0.3 is 0 Å². The summed E-state index contributed by atoms with van der Waals surface area (Å²) in [5.41, 5.74) is 12.6. The summed E-state index contributed by atoms with van der Waals surface area (Å²) >= 11 is 0. The van der Waals surface area contributed by atoms with E-state index in [1.807, 2.05) is 72.8 Å². The van der Waals surface area contributed by atoms with Crippen molar-refractivity contribution in [3.63, 3.8) is 0 Å². The number of hydrogen-bond acceptors (Lipinski definition) is 5. The Morgan fingerprint density at radius 1 is 0.679 bits per heavy atom. The van der Waals surface area contributed by atoms with Gasteiger partial charge in [0.1, 0.15) is 0 Å². The Balaban J connectivity index is 1.31. The zero-order valence-corrected chi connectivity index (χ0v) is 30.7. The van der Waals surface area contributed by atoms with Gasteiger partial charge in [-0.05, 0) is 107 Å². The van der Waals surface area contributed by atoms with Crippen molar-refractivity contribution in [3.05, 3.63) is 211 Å². The molecule has 0 radical (unpaired) electrons. The second kappa shape index (κ2) is 17.1. The van der Waals surface area contributed by atoms with Gasteiger partial charge in [0.2, 0.25) is 0 Å². The van der Waals surface area contributed by atoms with Crippen LogP contribution in [0.25, 0.3) is 39.7 Å². The molecule has 260 valence electrons. The van der Waals surface area contributed by atoms with Crippen LogP contribution in [0.15, 0.2) is 182 Å². The SMILES string of the molecule is C=C/C=C\C=C(/C)c1cc(-c2ccc(C(C)(C)c3ccc(C(/C=C/c4ccccn4)=C/C(=NC)c4ccccn4)cc3)cc2)cc(-c2ccccn2)n1. The number of pyridine rings is 4. The summed E-state index contributed by atoms with van der Waals surface area (Å²) in [6, 6.07) is 39.6. The lowest BCUT2D eigenvalue weighted by atomic mass is 9.77. The van der Waals surface area contributed by atoms with E-state index in [-0.39, 0.29) is 5.41 Å². The van der Waals surface area contributed by atoms with Crippen molar-refractivity contribution in [1.29, 1.82) is 0 Å². The van der Waals surface area contributed by atoms with Crippen molar-refractivity contribution in [3.8, 4) is 22.5 Å². The van der Waals surface area contributed by atoms with Crippen LogP contribution in [0.5, 0.6) is 0 Å². The molecule has 6 aromatic rings. The first-order valence-electron chi connectivity index (χ1n) is 17.7. The van der Waals surface area contributed by atoms with Crippen LogP contribution < -0.4 is 0 Å². The molecule has 4 heterocycles. The van der Waals surface area contributed by atoms with Gasteiger partial charge in [-0.15, -0.1) is 0 Å². The van der Waals surface area contributed by atoms with E-state index in [1.165, 1.54) is 11.1 Å². The standard InChI is InChI=1S/C48H43N5/c1-6-7-8-15-35(2)45-33-39(34-47(53-45)44-18-11-14-31-52-44)37-21-26-41(27-22-37)48(3,4)40-24-19-36(20-25-40)38(23-28-42-16-9-12-29-50-42)32-46(49-5)43-17-10-13-30-51-43/h6-34H,1H2,2-5H3/b8-7-,28-23+,35-15+,38-32+,49-46?. The quantitative estimate of drug-likeness (QED) is 0.0948. The Hall–Kier alpha value is -6.59. The highest BCUT2D eigenvalue weighted by atomic mass is 14.8. The van der Waals surface area contributed by atoms with Crippen molar-refractivity contribution >= 4 is 22.9 Å². The van der Waals surface area contributed by atoms with Gasteiger partial charge in [0.15, 0.2) is 0 Å². The number of hydrogen-bond donors (Lipinski definition) is 0. The zero-order valence-electron chi connectivity index (χ0n) is 30.7. The zero-order chi connectivity index (χ0) is 37.0. The van der Waals surface area contributed by atoms with E-state index in [2.05, 4.69) is 126 Å². The van der Waals surface area contributed by atoms with E-state index in [1.54, 1.807) is 31.7 Å². The highest BCUT2D eigenvalue weighted by Gasteiger charge is 2.23. The van der Waals surface area contributed by atoms with Crippen molar-refractivity contribution in [2.45, 2.75) is 26.2 Å². The van der Waals surface area contributed by atoms with Crippen LogP contribution in [0.3, 0.4) is 0 Å². The van der Waals surface area contributed by atoms with Crippen LogP contribution in [0.1, 0.15) is 54.5 Å². The average molecular weight is 690 g/mol. The maximum Gasteiger partial charge on any atom is 0.0899 e. The molecule has 0 aliphatic carbocycles. The molecule has 2 aromatic carbocycles. The summed E-state index contributed by atoms with van der Waals surface area (Å²) in [6.07, 6.45) is 19.3. The molecule has 0 saturated carbocycles. The molecule has 0 unspecified atom stereocenters. The second-order valence-corrected chi connectivity index (χ2v) is 13.1. The van der Waals surface area contributed by atoms with Crippen molar-refractivity contribution in [2.75, 3.05) is 7.05 Å². The van der Waals surface area contributed by atoms with Gasteiger partial charge in [0, 0.05) is 31.1 Å². The van der Waals surface area contributed by atoms with Crippen LogP contribution in [0.2, 0.25) is 0 Å². The predicted molar refractivity (Wildman–Crippen MR) is 222 cm³/mol. The van der Waals surface area contributed by atoms with Gasteiger partial charge in [-0.2, -0.15) is 0 Å². The van der Waals surface area contributed by atoms with Crippen LogP contribution in [-0.4, -0.2) is 32.7 Å². The first-order chi connectivity index (χ1) is 25.9. The Labute approximate surface area is 313 Å². The van der Waals surface area contributed by atoms with Crippen LogP contribution >= 0.6 is 0 Å². The summed E-state index contributed by atoms with van der Waals surface area (Å²) < 4.78 is 0. The first-order valence-corrected chi connectivity index (χ1v) is 17.7. The number of allylic oxidation sites excluding steroid dienone is 8. The molecule has 0 fully saturated rings. The summed E-state index contributed by atoms with van der Waals surface area (Å²) in [6.45, 7) is 10.4. The molecule has 4 aromatic heterocycles. The van der Waals surface area contributed by atoms with E-state index in [0.717, 1.165) is 62.0 Å². The van der Waals surface area contributed by atoms with Crippen LogP contribution in [0.4, 0.5) is 0 Å². The monoisotopic (exact) mass is 689 g/mol. The number of aliphatic imine (C=N–C) groups is 1. The lowest BCUT2D eigenvalue weighted by Crippen LogP contribution is -2.18. The van der Waals surface area contributed by atoms with Crippen molar-refractivity contribution < 1.29 is 0 Å². The topological polar surface area (TPSA) is 63.9 Å². The number of rotatable bonds is 12. The fourth-order valence-corrected chi connectivity index (χ4v) is 6.03. The fraction of sp³-hybridized carbons (Fsp3) is 0.104. The minimum atomic E-state index is -0.242. The largest absolute Gasteiger partial charge is 0.286 e. The van der Waals surface area contributed by atoms with Gasteiger partial charge in [-0.3, -0.25) is 19.9 Å². The van der Waals surface area contributed by atoms with E-state index in [4.69, 9.17) is 4.98 Å². The summed E-state index contributed by atoms with van der Waals surface area (Å²) in [5, 5.41) is 0. The molecular formula is C48H43N5. The molecule has 53 heavy (non-hydrogen) atoms. The molecule has 5 heteroatoms.